The Kier molecular flexibility index (Phi) is 8.49. The Morgan fingerprint density at radius 3 is 2.73 bits per heavy atom. The number of methoxy groups -OCH3 is 1. The van der Waals surface area contributed by atoms with Gasteiger partial charge in [-0.05, 0) is 19.4 Å². The molecule has 2 atom stereocenters. The van der Waals surface area contributed by atoms with Crippen molar-refractivity contribution in [1.82, 2.24) is 20.2 Å². The van der Waals surface area contributed by atoms with Crippen LogP contribution in [0.2, 0.25) is 0 Å². The van der Waals surface area contributed by atoms with Crippen LogP contribution in [0.25, 0.3) is 10.7 Å². The van der Waals surface area contributed by atoms with Gasteiger partial charge in [0.25, 0.3) is 0 Å². The first-order chi connectivity index (χ1) is 17.7. The number of ether oxygens (including phenoxy) is 3. The summed E-state index contributed by atoms with van der Waals surface area (Å²) in [4.78, 5) is 35.8. The number of thiocarbonyl (C=S) groups is 1. The molecular formula is C24H26N4O6S3. The second-order valence-corrected chi connectivity index (χ2v) is 10.7. The molecule has 13 heteroatoms. The van der Waals surface area contributed by atoms with Crippen LogP contribution < -0.4 is 5.32 Å². The predicted octanol–water partition coefficient (Wildman–Crippen LogP) is 3.51. The third-order valence-electron chi connectivity index (χ3n) is 5.62. The Morgan fingerprint density at radius 1 is 1.27 bits per heavy atom. The fourth-order valence-corrected chi connectivity index (χ4v) is 5.75. The Morgan fingerprint density at radius 2 is 2.03 bits per heavy atom. The number of aliphatic hydroxyl groups is 1. The van der Waals surface area contributed by atoms with Gasteiger partial charge in [-0.1, -0.05) is 42.5 Å². The van der Waals surface area contributed by atoms with Crippen LogP contribution in [-0.2, 0) is 25.6 Å². The van der Waals surface area contributed by atoms with Gasteiger partial charge in [-0.3, -0.25) is 4.90 Å². The number of hydrogen-bond donors (Lipinski definition) is 2. The van der Waals surface area contributed by atoms with Crippen LogP contribution in [-0.4, -0.2) is 69.1 Å². The molecule has 0 bridgehead atoms. The van der Waals surface area contributed by atoms with Gasteiger partial charge in [-0.15, -0.1) is 22.7 Å². The minimum absolute atomic E-state index is 0.158. The zero-order valence-corrected chi connectivity index (χ0v) is 22.8. The number of aromatic nitrogens is 2. The Balaban J connectivity index is 1.47. The lowest BCUT2D eigenvalue weighted by Crippen LogP contribution is -2.45. The van der Waals surface area contributed by atoms with E-state index in [0.717, 1.165) is 5.56 Å². The van der Waals surface area contributed by atoms with Gasteiger partial charge >= 0.3 is 12.1 Å². The van der Waals surface area contributed by atoms with Crippen molar-refractivity contribution in [2.75, 3.05) is 20.3 Å². The number of thiazole rings is 2. The Bertz CT molecular complexity index is 1260. The molecule has 37 heavy (non-hydrogen) atoms. The number of carbonyl (C=O) groups is 2. The molecule has 1 fully saturated rings. The third kappa shape index (κ3) is 6.13. The number of amides is 1. The molecule has 4 rings (SSSR count). The molecule has 3 aromatic rings. The molecule has 0 aliphatic carbocycles. The molecule has 2 N–H and O–H groups in total. The molecule has 1 saturated heterocycles. The summed E-state index contributed by atoms with van der Waals surface area (Å²) >= 11 is 8.08. The summed E-state index contributed by atoms with van der Waals surface area (Å²) in [7, 11) is 1.23. The number of carbonyl (C=O) groups excluding carboxylic acids is 2. The first-order valence-electron chi connectivity index (χ1n) is 11.3. The van der Waals surface area contributed by atoms with Crippen molar-refractivity contribution >= 4 is 51.9 Å². The van der Waals surface area contributed by atoms with E-state index in [0.29, 0.717) is 21.4 Å². The fraction of sp³-hybridized carbons (Fsp3) is 0.375. The van der Waals surface area contributed by atoms with E-state index in [1.807, 2.05) is 49.6 Å². The first kappa shape index (κ1) is 27.1. The number of hydrogen-bond acceptors (Lipinski definition) is 11. The topological polar surface area (TPSA) is 123 Å². The molecule has 1 aliphatic heterocycles. The maximum absolute atomic E-state index is 13.1. The second kappa shape index (κ2) is 11.6. The average Bonchev–Trinajstić information content (AvgIpc) is 3.64. The van der Waals surface area contributed by atoms with Crippen molar-refractivity contribution in [3.05, 3.63) is 57.4 Å². The number of nitrogens with one attached hydrogen (secondary N) is 1. The largest absolute Gasteiger partial charge is 0.467 e. The smallest absolute Gasteiger partial charge is 0.413 e. The van der Waals surface area contributed by atoms with E-state index in [1.165, 1.54) is 29.8 Å². The van der Waals surface area contributed by atoms with E-state index in [9.17, 15) is 14.7 Å². The highest BCUT2D eigenvalue weighted by atomic mass is 32.1. The molecule has 1 amide bonds. The zero-order valence-electron chi connectivity index (χ0n) is 20.4. The molecule has 1 aliphatic rings. The van der Waals surface area contributed by atoms with Crippen molar-refractivity contribution in [2.45, 2.75) is 38.3 Å². The van der Waals surface area contributed by atoms with Gasteiger partial charge in [0, 0.05) is 10.8 Å². The van der Waals surface area contributed by atoms with E-state index in [4.69, 9.17) is 26.7 Å². The second-order valence-electron chi connectivity index (χ2n) is 8.52. The van der Waals surface area contributed by atoms with Crippen LogP contribution in [0.1, 0.15) is 36.2 Å². The maximum Gasteiger partial charge on any atom is 0.413 e. The molecule has 10 nitrogen and oxygen atoms in total. The van der Waals surface area contributed by atoms with Crippen molar-refractivity contribution in [1.29, 1.82) is 0 Å². The molecule has 1 aromatic carbocycles. The molecule has 0 radical (unpaired) electrons. The van der Waals surface area contributed by atoms with Crippen molar-refractivity contribution < 1.29 is 28.9 Å². The van der Waals surface area contributed by atoms with Gasteiger partial charge < -0.3 is 24.6 Å². The van der Waals surface area contributed by atoms with Crippen molar-refractivity contribution in [3.8, 4) is 10.7 Å². The number of esters is 1. The predicted molar refractivity (Wildman–Crippen MR) is 142 cm³/mol. The lowest BCUT2D eigenvalue weighted by Gasteiger charge is -2.32. The van der Waals surface area contributed by atoms with Crippen LogP contribution in [0.5, 0.6) is 0 Å². The molecule has 0 saturated carbocycles. The van der Waals surface area contributed by atoms with E-state index in [2.05, 4.69) is 15.0 Å². The van der Waals surface area contributed by atoms with Crippen LogP contribution in [0, 0.1) is 0 Å². The monoisotopic (exact) mass is 562 g/mol. The first-order valence-corrected chi connectivity index (χ1v) is 13.4. The van der Waals surface area contributed by atoms with Crippen molar-refractivity contribution in [2.24, 2.45) is 0 Å². The SMILES string of the molecule is COC(=O)[C@H](CO)NC(=S)c1csc(-c2csc([C@@H]3COC(C)(C)N3C(=O)OCc3ccccc3)n2)n1. The van der Waals surface area contributed by atoms with Gasteiger partial charge in [-0.25, -0.2) is 19.6 Å². The number of rotatable bonds is 8. The van der Waals surface area contributed by atoms with E-state index < -0.39 is 36.5 Å². The minimum Gasteiger partial charge on any atom is -0.467 e. The Hall–Kier alpha value is -2.97. The van der Waals surface area contributed by atoms with Gasteiger partial charge in [0.1, 0.15) is 50.8 Å². The van der Waals surface area contributed by atoms with Crippen LogP contribution >= 0.6 is 34.9 Å². The van der Waals surface area contributed by atoms with Crippen molar-refractivity contribution in [3.63, 3.8) is 0 Å². The molecule has 0 unspecified atom stereocenters. The van der Waals surface area contributed by atoms with Gasteiger partial charge in [-0.2, -0.15) is 0 Å². The summed E-state index contributed by atoms with van der Waals surface area (Å²) in [6.07, 6.45) is -0.481. The van der Waals surface area contributed by atoms with Crippen LogP contribution in [0.15, 0.2) is 41.1 Å². The minimum atomic E-state index is -0.980. The van der Waals surface area contributed by atoms with Crippen LogP contribution in [0.4, 0.5) is 4.79 Å². The Labute approximate surface area is 227 Å². The summed E-state index contributed by atoms with van der Waals surface area (Å²) in [6, 6.07) is 8.09. The van der Waals surface area contributed by atoms with Gasteiger partial charge in [0.05, 0.1) is 20.3 Å². The zero-order chi connectivity index (χ0) is 26.6. The fourth-order valence-electron chi connectivity index (χ4n) is 3.71. The van der Waals surface area contributed by atoms with E-state index in [-0.39, 0.29) is 18.2 Å². The molecular weight excluding hydrogens is 536 g/mol. The summed E-state index contributed by atoms with van der Waals surface area (Å²) < 4.78 is 16.2. The summed E-state index contributed by atoms with van der Waals surface area (Å²) in [5.74, 6) is -0.627. The number of aliphatic hydroxyl groups excluding tert-OH is 1. The third-order valence-corrected chi connectivity index (χ3v) is 7.76. The van der Waals surface area contributed by atoms with Crippen LogP contribution in [0.3, 0.4) is 0 Å². The summed E-state index contributed by atoms with van der Waals surface area (Å²) in [5, 5.41) is 17.1. The lowest BCUT2D eigenvalue weighted by atomic mass is 10.2. The number of nitrogens with zero attached hydrogens (tertiary/aromatic N) is 3. The highest BCUT2D eigenvalue weighted by Crippen LogP contribution is 2.39. The van der Waals surface area contributed by atoms with Gasteiger partial charge in [0.2, 0.25) is 0 Å². The lowest BCUT2D eigenvalue weighted by molar-refractivity contribution is -0.143. The summed E-state index contributed by atoms with van der Waals surface area (Å²) in [6.45, 7) is 3.61. The highest BCUT2D eigenvalue weighted by molar-refractivity contribution is 7.80. The molecule has 2 aromatic heterocycles. The summed E-state index contributed by atoms with van der Waals surface area (Å²) in [5.41, 5.74) is 1.11. The normalized spacial score (nSPS) is 17.3. The maximum atomic E-state index is 13.1. The molecule has 196 valence electrons. The number of benzene rings is 1. The molecule has 3 heterocycles. The van der Waals surface area contributed by atoms with E-state index in [1.54, 1.807) is 10.3 Å². The highest BCUT2D eigenvalue weighted by Gasteiger charge is 2.46. The molecule has 0 spiro atoms. The van der Waals surface area contributed by atoms with E-state index >= 15 is 0 Å². The quantitative estimate of drug-likeness (QED) is 0.311. The average molecular weight is 563 g/mol. The van der Waals surface area contributed by atoms with Gasteiger partial charge in [0.15, 0.2) is 0 Å². The standard InChI is InChI=1S/C24H26N4O6S3/c1-24(2)28(23(31)33-10-14-7-5-4-6-8-14)18(11-34-24)21-27-17(13-37-21)20-26-16(12-36-20)19(35)25-15(9-29)22(30)32-3/h4-8,12-13,15,18,29H,9-11H2,1-3H3,(H,25,35)/t15-,18-/m0/s1.